The number of hydrazine groups is 1. The summed E-state index contributed by atoms with van der Waals surface area (Å²) in [6.45, 7) is 20.4. The summed E-state index contributed by atoms with van der Waals surface area (Å²) in [6.07, 6.45) is 13.0. The highest BCUT2D eigenvalue weighted by molar-refractivity contribution is 5.92. The van der Waals surface area contributed by atoms with Crippen LogP contribution in [0, 0.1) is 33.5 Å². The van der Waals surface area contributed by atoms with Crippen LogP contribution >= 0.6 is 0 Å². The van der Waals surface area contributed by atoms with Crippen LogP contribution in [0.3, 0.4) is 0 Å². The molecule has 4 rings (SSSR count). The number of aromatic nitrogens is 1. The van der Waals surface area contributed by atoms with Crippen molar-refractivity contribution in [2.45, 2.75) is 152 Å². The number of aliphatic carboxylic acids is 1. The molecule has 1 aromatic rings. The van der Waals surface area contributed by atoms with Crippen LogP contribution in [0.4, 0.5) is 0 Å². The van der Waals surface area contributed by atoms with Gasteiger partial charge in [0.05, 0.1) is 0 Å². The van der Waals surface area contributed by atoms with Crippen molar-refractivity contribution in [3.8, 4) is 0 Å². The van der Waals surface area contributed by atoms with E-state index in [-0.39, 0.29) is 35.5 Å². The third-order valence-electron chi connectivity index (χ3n) is 12.1. The Balaban J connectivity index is 1.36. The molecule has 5 amide bonds. The van der Waals surface area contributed by atoms with Crippen LogP contribution in [0.2, 0.25) is 0 Å². The summed E-state index contributed by atoms with van der Waals surface area (Å²) < 4.78 is 0. The first-order chi connectivity index (χ1) is 26.9. The smallest absolute Gasteiger partial charge is 0.326 e. The number of carbonyl (C=O) groups excluding carboxylic acids is 5. The van der Waals surface area contributed by atoms with Crippen LogP contribution in [-0.2, 0) is 41.6 Å². The van der Waals surface area contributed by atoms with Crippen molar-refractivity contribution in [1.82, 2.24) is 36.7 Å². The van der Waals surface area contributed by atoms with Gasteiger partial charge in [0.2, 0.25) is 29.5 Å². The van der Waals surface area contributed by atoms with Gasteiger partial charge in [0.15, 0.2) is 0 Å². The van der Waals surface area contributed by atoms with Crippen LogP contribution in [0.15, 0.2) is 12.3 Å². The molecule has 0 spiro atoms. The Hall–Kier alpha value is -4.20. The molecule has 324 valence electrons. The summed E-state index contributed by atoms with van der Waals surface area (Å²) >= 11 is 0. The minimum absolute atomic E-state index is 0.0937. The number of nitrogens with one attached hydrogen (secondary N) is 6. The van der Waals surface area contributed by atoms with Gasteiger partial charge in [-0.2, -0.15) is 0 Å². The Morgan fingerprint density at radius 3 is 2.09 bits per heavy atom. The van der Waals surface area contributed by atoms with Crippen LogP contribution in [-0.4, -0.2) is 88.3 Å². The fourth-order valence-electron chi connectivity index (χ4n) is 9.29. The third-order valence-corrected chi connectivity index (χ3v) is 12.1. The van der Waals surface area contributed by atoms with Gasteiger partial charge in [-0.15, -0.1) is 0 Å². The summed E-state index contributed by atoms with van der Waals surface area (Å²) in [6, 6.07) is -2.87. The van der Waals surface area contributed by atoms with Gasteiger partial charge in [0, 0.05) is 54.7 Å². The Bertz CT molecular complexity index is 1700. The summed E-state index contributed by atoms with van der Waals surface area (Å²) in [5, 5.41) is 18.6. The largest absolute Gasteiger partial charge is 0.480 e. The fraction of sp³-hybridized carbons (Fsp3) is 0.727. The van der Waals surface area contributed by atoms with Crippen LogP contribution in [0.1, 0.15) is 137 Å². The SMILES string of the molecule is CC1C=Cc2[nH]cc(CC(NNC(=O)C(C)(C)CC(C)(C)CNC(=O)C(C)(C)CC(C)(C)CNC(=O)C3CCCC3)C(=O)NC(C)C(=O)N3CCCC3C(=O)O)c2C1. The van der Waals surface area contributed by atoms with E-state index in [4.69, 9.17) is 0 Å². The number of fused-ring (bicyclic) bond motifs is 1. The second-order valence-electron chi connectivity index (χ2n) is 20.2. The van der Waals surface area contributed by atoms with Crippen molar-refractivity contribution >= 4 is 41.6 Å². The van der Waals surface area contributed by atoms with E-state index < -0.39 is 52.2 Å². The molecule has 1 saturated carbocycles. The van der Waals surface area contributed by atoms with Crippen molar-refractivity contribution in [2.75, 3.05) is 19.6 Å². The normalized spacial score (nSPS) is 19.9. The Morgan fingerprint density at radius 2 is 1.47 bits per heavy atom. The molecule has 2 aliphatic carbocycles. The molecule has 7 N–H and O–H groups in total. The molecule has 0 aromatic carbocycles. The van der Waals surface area contributed by atoms with E-state index in [9.17, 15) is 33.9 Å². The number of allylic oxidation sites excluding steroid dienone is 1. The zero-order valence-corrected chi connectivity index (χ0v) is 36.7. The van der Waals surface area contributed by atoms with Crippen molar-refractivity contribution in [2.24, 2.45) is 33.5 Å². The van der Waals surface area contributed by atoms with E-state index in [0.29, 0.717) is 51.2 Å². The van der Waals surface area contributed by atoms with Crippen molar-refractivity contribution in [3.05, 3.63) is 29.1 Å². The van der Waals surface area contributed by atoms with E-state index in [1.807, 2.05) is 53.8 Å². The number of likely N-dealkylation sites (tertiary alicyclic amines) is 1. The monoisotopic (exact) mass is 810 g/mol. The first kappa shape index (κ1) is 46.5. The summed E-state index contributed by atoms with van der Waals surface area (Å²) in [5.41, 5.74) is 6.34. The molecule has 1 aliphatic heterocycles. The predicted octanol–water partition coefficient (Wildman–Crippen LogP) is 4.64. The summed E-state index contributed by atoms with van der Waals surface area (Å²) in [5.74, 6) is -1.97. The Labute approximate surface area is 345 Å². The highest BCUT2D eigenvalue weighted by Crippen LogP contribution is 2.36. The first-order valence-corrected chi connectivity index (χ1v) is 21.2. The predicted molar refractivity (Wildman–Crippen MR) is 224 cm³/mol. The second-order valence-corrected chi connectivity index (χ2v) is 20.2. The molecule has 1 aromatic heterocycles. The van der Waals surface area contributed by atoms with E-state index in [1.165, 1.54) is 4.90 Å². The average Bonchev–Trinajstić information content (AvgIpc) is 3.92. The molecule has 14 heteroatoms. The topological polar surface area (TPSA) is 202 Å². The standard InChI is InChI=1S/C44H71N7O7/c1-27-17-18-32-31(20-27)30(22-45-32)21-33(36(53)48-28(2)37(54)51-19-13-16-34(51)38(55)56)49-50-40(58)44(9,10)24-42(5,6)26-47-39(57)43(7,8)23-41(3,4)25-46-35(52)29-14-11-12-15-29/h17-18,22,27-29,33-34,45,49H,11-16,19-21,23-26H2,1-10H3,(H,46,52)(H,47,57)(H,48,53)(H,50,58)(H,55,56). The Kier molecular flexibility index (Phi) is 15.1. The molecule has 4 unspecified atom stereocenters. The lowest BCUT2D eigenvalue weighted by molar-refractivity contribution is -0.149. The van der Waals surface area contributed by atoms with Gasteiger partial charge < -0.3 is 30.9 Å². The van der Waals surface area contributed by atoms with E-state index >= 15 is 0 Å². The zero-order valence-electron chi connectivity index (χ0n) is 36.7. The first-order valence-electron chi connectivity index (χ1n) is 21.2. The molecule has 1 saturated heterocycles. The van der Waals surface area contributed by atoms with Gasteiger partial charge in [-0.25, -0.2) is 10.2 Å². The van der Waals surface area contributed by atoms with Gasteiger partial charge in [0.25, 0.3) is 0 Å². The van der Waals surface area contributed by atoms with Crippen LogP contribution in [0.5, 0.6) is 0 Å². The minimum Gasteiger partial charge on any atom is -0.480 e. The molecule has 58 heavy (non-hydrogen) atoms. The minimum atomic E-state index is -1.07. The highest BCUT2D eigenvalue weighted by atomic mass is 16.4. The average molecular weight is 810 g/mol. The maximum absolute atomic E-state index is 13.9. The lowest BCUT2D eigenvalue weighted by Crippen LogP contribution is -2.58. The number of hydrogen-bond acceptors (Lipinski definition) is 7. The van der Waals surface area contributed by atoms with E-state index in [2.05, 4.69) is 58.6 Å². The molecule has 3 aliphatic rings. The number of H-pyrrole nitrogens is 1. The van der Waals surface area contributed by atoms with Crippen molar-refractivity contribution < 1.29 is 33.9 Å². The van der Waals surface area contributed by atoms with Crippen LogP contribution in [0.25, 0.3) is 6.08 Å². The number of aromatic amines is 1. The third kappa shape index (κ3) is 12.4. The van der Waals surface area contributed by atoms with E-state index in [1.54, 1.807) is 6.92 Å². The number of carboxylic acids is 1. The van der Waals surface area contributed by atoms with Gasteiger partial charge in [0.1, 0.15) is 18.1 Å². The molecular weight excluding hydrogens is 739 g/mol. The molecule has 4 atom stereocenters. The lowest BCUT2D eigenvalue weighted by atomic mass is 9.73. The molecular formula is C44H71N7O7. The maximum Gasteiger partial charge on any atom is 0.326 e. The second kappa shape index (κ2) is 18.8. The lowest BCUT2D eigenvalue weighted by Gasteiger charge is -2.37. The molecule has 2 fully saturated rings. The highest BCUT2D eigenvalue weighted by Gasteiger charge is 2.40. The number of nitrogens with zero attached hydrogens (tertiary/aromatic N) is 1. The van der Waals surface area contributed by atoms with Gasteiger partial charge >= 0.3 is 5.97 Å². The van der Waals surface area contributed by atoms with Crippen LogP contribution < -0.4 is 26.8 Å². The molecule has 0 bridgehead atoms. The Morgan fingerprint density at radius 1 is 0.862 bits per heavy atom. The maximum atomic E-state index is 13.9. The van der Waals surface area contributed by atoms with Gasteiger partial charge in [-0.1, -0.05) is 81.2 Å². The number of carbonyl (C=O) groups is 6. The number of carboxylic acid groups (broad SMARTS) is 1. The molecule has 2 heterocycles. The quantitative estimate of drug-likeness (QED) is 0.0980. The van der Waals surface area contributed by atoms with Gasteiger partial charge in [-0.05, 0) is 85.8 Å². The van der Waals surface area contributed by atoms with Gasteiger partial charge in [-0.3, -0.25) is 29.4 Å². The van der Waals surface area contributed by atoms with E-state index in [0.717, 1.165) is 48.9 Å². The number of rotatable bonds is 19. The fourth-order valence-corrected chi connectivity index (χ4v) is 9.29. The number of amides is 5. The van der Waals surface area contributed by atoms with Crippen molar-refractivity contribution in [3.63, 3.8) is 0 Å². The molecule has 14 nitrogen and oxygen atoms in total. The summed E-state index contributed by atoms with van der Waals surface area (Å²) in [7, 11) is 0. The molecule has 0 radical (unpaired) electrons. The summed E-state index contributed by atoms with van der Waals surface area (Å²) in [4.78, 5) is 83.6. The number of hydrogen-bond donors (Lipinski definition) is 7. The zero-order chi connectivity index (χ0) is 43.2. The van der Waals surface area contributed by atoms with Crippen molar-refractivity contribution in [1.29, 1.82) is 0 Å².